The van der Waals surface area contributed by atoms with E-state index in [-0.39, 0.29) is 6.10 Å². The van der Waals surface area contributed by atoms with E-state index in [1.807, 2.05) is 13.0 Å². The van der Waals surface area contributed by atoms with E-state index in [0.717, 1.165) is 0 Å². The zero-order valence-electron chi connectivity index (χ0n) is 4.18. The highest BCUT2D eigenvalue weighted by Gasteiger charge is 1.78. The van der Waals surface area contributed by atoms with Crippen LogP contribution in [0.4, 0.5) is 0 Å². The van der Waals surface area contributed by atoms with Crippen molar-refractivity contribution in [1.82, 2.24) is 0 Å². The van der Waals surface area contributed by atoms with Crippen LogP contribution < -0.4 is 0 Å². The molecule has 0 aliphatic rings. The molecule has 0 unspecified atom stereocenters. The van der Waals surface area contributed by atoms with Crippen molar-refractivity contribution in [2.45, 2.75) is 20.0 Å². The molecule has 0 aromatic carbocycles. The third-order valence-electron chi connectivity index (χ3n) is 0.471. The van der Waals surface area contributed by atoms with E-state index in [4.69, 9.17) is 5.11 Å². The number of allylic oxidation sites excluding steroid dienone is 1. The van der Waals surface area contributed by atoms with Gasteiger partial charge in [0.2, 0.25) is 0 Å². The van der Waals surface area contributed by atoms with Crippen LogP contribution in [0.1, 0.15) is 13.8 Å². The van der Waals surface area contributed by atoms with Gasteiger partial charge in [-0.15, -0.1) is 0 Å². The molecule has 0 aromatic rings. The number of aliphatic hydroxyl groups is 1. The third-order valence-corrected chi connectivity index (χ3v) is 0.471. The van der Waals surface area contributed by atoms with Gasteiger partial charge in [0.1, 0.15) is 0 Å². The van der Waals surface area contributed by atoms with Gasteiger partial charge in [-0.25, -0.2) is 0 Å². The Hall–Kier alpha value is -0.300. The summed E-state index contributed by atoms with van der Waals surface area (Å²) in [5.74, 6) is 0. The molecule has 0 fully saturated rings. The van der Waals surface area contributed by atoms with Gasteiger partial charge < -0.3 is 5.11 Å². The predicted octanol–water partition coefficient (Wildman–Crippen LogP) is 0.943. The Morgan fingerprint density at radius 1 is 1.67 bits per heavy atom. The van der Waals surface area contributed by atoms with Gasteiger partial charge in [0, 0.05) is 0 Å². The lowest BCUT2D eigenvalue weighted by atomic mass is 10.4. The minimum absolute atomic E-state index is 0.282. The summed E-state index contributed by atoms with van der Waals surface area (Å²) in [5, 5.41) is 8.47. The van der Waals surface area contributed by atoms with Gasteiger partial charge >= 0.3 is 0 Å². The maximum atomic E-state index is 8.47. The topological polar surface area (TPSA) is 20.2 Å². The van der Waals surface area contributed by atoms with E-state index in [2.05, 4.69) is 0 Å². The highest BCUT2D eigenvalue weighted by molar-refractivity contribution is 4.81. The second-order valence-corrected chi connectivity index (χ2v) is 1.27. The van der Waals surface area contributed by atoms with Gasteiger partial charge in [-0.05, 0) is 13.8 Å². The van der Waals surface area contributed by atoms with Gasteiger partial charge in [0.25, 0.3) is 0 Å². The van der Waals surface area contributed by atoms with Crippen molar-refractivity contribution < 1.29 is 5.11 Å². The van der Waals surface area contributed by atoms with E-state index < -0.39 is 0 Å². The summed E-state index contributed by atoms with van der Waals surface area (Å²) in [5.41, 5.74) is 0. The summed E-state index contributed by atoms with van der Waals surface area (Å²) >= 11 is 0. The molecule has 1 nitrogen and oxygen atoms in total. The molecule has 0 rings (SSSR count). The monoisotopic (exact) mass is 86.1 g/mol. The van der Waals surface area contributed by atoms with Crippen LogP contribution in [-0.4, -0.2) is 11.2 Å². The molecule has 0 aliphatic heterocycles. The second-order valence-electron chi connectivity index (χ2n) is 1.27. The maximum Gasteiger partial charge on any atom is 0.0692 e. The summed E-state index contributed by atoms with van der Waals surface area (Å²) in [6.45, 7) is 3.60. The van der Waals surface area contributed by atoms with Crippen LogP contribution in [0.2, 0.25) is 0 Å². The fraction of sp³-hybridized carbons (Fsp3) is 0.600. The average Bonchev–Trinajstić information content (AvgIpc) is 1.35. The third kappa shape index (κ3) is 3.70. The lowest BCUT2D eigenvalue weighted by Gasteiger charge is -1.87. The normalized spacial score (nSPS) is 15.8. The molecule has 0 bridgehead atoms. The summed E-state index contributed by atoms with van der Waals surface area (Å²) in [4.78, 5) is 0. The van der Waals surface area contributed by atoms with E-state index >= 15 is 0 Å². The molecule has 0 heterocycles. The number of hydrogen-bond donors (Lipinski definition) is 1. The van der Waals surface area contributed by atoms with Crippen molar-refractivity contribution in [3.8, 4) is 0 Å². The van der Waals surface area contributed by atoms with Gasteiger partial charge in [-0.3, -0.25) is 0 Å². The lowest BCUT2D eigenvalue weighted by Crippen LogP contribution is -1.89. The van der Waals surface area contributed by atoms with E-state index in [0.29, 0.717) is 0 Å². The zero-order chi connectivity index (χ0) is 4.99. The van der Waals surface area contributed by atoms with Crippen LogP contribution in [0.3, 0.4) is 0 Å². The number of aliphatic hydroxyl groups excluding tert-OH is 1. The van der Waals surface area contributed by atoms with Crippen LogP contribution >= 0.6 is 0 Å². The highest BCUT2D eigenvalue weighted by atomic mass is 16.3. The highest BCUT2D eigenvalue weighted by Crippen LogP contribution is 1.78. The number of rotatable bonds is 1. The Morgan fingerprint density at radius 3 is 2.17 bits per heavy atom. The van der Waals surface area contributed by atoms with Crippen LogP contribution in [-0.2, 0) is 0 Å². The van der Waals surface area contributed by atoms with Crippen LogP contribution in [0.5, 0.6) is 0 Å². The molecule has 1 N–H and O–H groups in total. The summed E-state index contributed by atoms with van der Waals surface area (Å²) in [6.07, 6.45) is 3.26. The molecule has 1 atom stereocenters. The molecule has 6 heavy (non-hydrogen) atoms. The Balaban J connectivity index is 3.03. The molecule has 0 spiro atoms. The fourth-order valence-electron chi connectivity index (χ4n) is 0.279. The van der Waals surface area contributed by atoms with Crippen molar-refractivity contribution in [2.24, 2.45) is 0 Å². The van der Waals surface area contributed by atoms with Crippen molar-refractivity contribution in [1.29, 1.82) is 0 Å². The van der Waals surface area contributed by atoms with E-state index in [1.165, 1.54) is 0 Å². The van der Waals surface area contributed by atoms with Crippen molar-refractivity contribution in [3.63, 3.8) is 0 Å². The molecule has 0 saturated heterocycles. The van der Waals surface area contributed by atoms with Crippen LogP contribution in [0.25, 0.3) is 0 Å². The molecule has 1 heteroatoms. The first-order chi connectivity index (χ1) is 2.77. The van der Waals surface area contributed by atoms with Gasteiger partial charge in [-0.2, -0.15) is 0 Å². The molecule has 0 aromatic heterocycles. The summed E-state index contributed by atoms with van der Waals surface area (Å²) in [7, 11) is 0. The summed E-state index contributed by atoms with van der Waals surface area (Å²) in [6, 6.07) is 0. The van der Waals surface area contributed by atoms with Crippen LogP contribution in [0.15, 0.2) is 12.2 Å². The lowest BCUT2D eigenvalue weighted by molar-refractivity contribution is 0.244. The Kier molecular flexibility index (Phi) is 2.77. The Morgan fingerprint density at radius 2 is 2.17 bits per heavy atom. The van der Waals surface area contributed by atoms with Crippen molar-refractivity contribution >= 4 is 0 Å². The smallest absolute Gasteiger partial charge is 0.0692 e. The van der Waals surface area contributed by atoms with Gasteiger partial charge in [0.05, 0.1) is 6.10 Å². The fourth-order valence-corrected chi connectivity index (χ4v) is 0.279. The van der Waals surface area contributed by atoms with Gasteiger partial charge in [0.15, 0.2) is 0 Å². The maximum absolute atomic E-state index is 8.47. The van der Waals surface area contributed by atoms with E-state index in [1.54, 1.807) is 13.0 Å². The van der Waals surface area contributed by atoms with Crippen molar-refractivity contribution in [3.05, 3.63) is 12.2 Å². The minimum Gasteiger partial charge on any atom is -0.389 e. The standard InChI is InChI=1S/C5H10O/c1-3-4-5(2)6/h3-6H,1-2H3/b4-3+/t5-/m1/s1. The van der Waals surface area contributed by atoms with Gasteiger partial charge in [-0.1, -0.05) is 12.2 Å². The average molecular weight is 86.1 g/mol. The molecule has 0 saturated carbocycles. The predicted molar refractivity (Wildman–Crippen MR) is 26.5 cm³/mol. The van der Waals surface area contributed by atoms with E-state index in [9.17, 15) is 0 Å². The zero-order valence-corrected chi connectivity index (χ0v) is 4.18. The van der Waals surface area contributed by atoms with Crippen LogP contribution in [0, 0.1) is 0 Å². The molecule has 0 radical (unpaired) electrons. The first-order valence-corrected chi connectivity index (χ1v) is 2.08. The first kappa shape index (κ1) is 5.70. The molecular weight excluding hydrogens is 76.1 g/mol. The summed E-state index contributed by atoms with van der Waals surface area (Å²) < 4.78 is 0. The minimum atomic E-state index is -0.282. The SMILES string of the molecule is C/C=C/[C@@H](C)O. The Bertz CT molecular complexity index is 45.9. The first-order valence-electron chi connectivity index (χ1n) is 2.08. The second kappa shape index (κ2) is 2.91. The van der Waals surface area contributed by atoms with Crippen molar-refractivity contribution in [2.75, 3.05) is 0 Å². The molecule has 36 valence electrons. The molecule has 0 aliphatic carbocycles. The number of hydrogen-bond acceptors (Lipinski definition) is 1. The largest absolute Gasteiger partial charge is 0.389 e. The molecule has 0 amide bonds. The molecular formula is C5H10O. The quantitative estimate of drug-likeness (QED) is 0.471. The Labute approximate surface area is 38.3 Å².